The van der Waals surface area contributed by atoms with E-state index in [0.29, 0.717) is 101 Å². The van der Waals surface area contributed by atoms with Crippen LogP contribution in [0, 0.1) is 12.8 Å². The van der Waals surface area contributed by atoms with E-state index < -0.39 is 79.5 Å². The highest BCUT2D eigenvalue weighted by molar-refractivity contribution is 7.91. The number of ether oxygens (including phenoxy) is 4. The van der Waals surface area contributed by atoms with Crippen LogP contribution >= 0.6 is 0 Å². The number of halogens is 3. The standard InChI is InChI=1S/C42H54F3N5O10S/c1-25-33-28(29-21-27(58-20-19-57-5)13-14-30(29)46-25)15-16-40(59-33)23-32-34(51)48-41(36(53)49-61(55,56)39(4)17-18-39)22-26(41)11-9-7-6-8-10-12-31(35(52)50(32)24-40)47-37(54)60-38(2,3)42(43,44)45/h9,11,13-14,21,26,31-32H,6-8,10,12,15-20,22-24H2,1-5H3,(H,47,54)(H,48,51)(H,49,53)/b11-9-/t26-,31+,32+,40-,41-/m1/s1. The summed E-state index contributed by atoms with van der Waals surface area (Å²) >= 11 is 0. The molecule has 1 aromatic carbocycles. The van der Waals surface area contributed by atoms with Gasteiger partial charge < -0.3 is 34.5 Å². The Morgan fingerprint density at radius 3 is 2.54 bits per heavy atom. The van der Waals surface area contributed by atoms with Crippen molar-refractivity contribution in [3.05, 3.63) is 41.6 Å². The number of carbonyl (C=O) groups excluding carboxylic acids is 4. The van der Waals surface area contributed by atoms with Crippen LogP contribution in [0.25, 0.3) is 10.9 Å². The zero-order valence-corrected chi connectivity index (χ0v) is 35.9. The Balaban J connectivity index is 1.23. The number of hydrogen-bond donors (Lipinski definition) is 3. The third-order valence-electron chi connectivity index (χ3n) is 12.8. The fourth-order valence-corrected chi connectivity index (χ4v) is 9.78. The van der Waals surface area contributed by atoms with E-state index in [9.17, 15) is 40.8 Å². The molecule has 5 aliphatic rings. The van der Waals surface area contributed by atoms with E-state index >= 15 is 0 Å². The van der Waals surface area contributed by atoms with Crippen LogP contribution < -0.4 is 24.8 Å². The maximum absolute atomic E-state index is 14.8. The summed E-state index contributed by atoms with van der Waals surface area (Å²) in [7, 11) is -2.50. The molecule has 3 aliphatic heterocycles. The van der Waals surface area contributed by atoms with Crippen LogP contribution in [0.15, 0.2) is 30.4 Å². The highest BCUT2D eigenvalue weighted by atomic mass is 32.2. The second kappa shape index (κ2) is 16.2. The number of methoxy groups -OCH3 is 1. The Labute approximate surface area is 352 Å². The number of nitrogens with zero attached hydrogens (tertiary/aromatic N) is 2. The van der Waals surface area contributed by atoms with Gasteiger partial charge >= 0.3 is 12.3 Å². The summed E-state index contributed by atoms with van der Waals surface area (Å²) in [5.74, 6) is -1.84. The molecule has 4 heterocycles. The lowest BCUT2D eigenvalue weighted by Crippen LogP contribution is -2.59. The van der Waals surface area contributed by atoms with Crippen molar-refractivity contribution >= 4 is 44.7 Å². The molecule has 1 spiro atoms. The zero-order valence-electron chi connectivity index (χ0n) is 35.0. The summed E-state index contributed by atoms with van der Waals surface area (Å²) in [6.07, 6.45) is 1.09. The van der Waals surface area contributed by atoms with E-state index in [1.54, 1.807) is 27.0 Å². The first-order valence-electron chi connectivity index (χ1n) is 20.8. The number of pyridine rings is 1. The monoisotopic (exact) mass is 877 g/mol. The number of nitrogens with one attached hydrogen (secondary N) is 3. The van der Waals surface area contributed by atoms with Gasteiger partial charge in [0.25, 0.3) is 5.91 Å². The van der Waals surface area contributed by atoms with Crippen molar-refractivity contribution in [1.82, 2.24) is 25.2 Å². The predicted molar refractivity (Wildman–Crippen MR) is 215 cm³/mol. The topological polar surface area (TPSA) is 192 Å². The number of hydrogen-bond acceptors (Lipinski definition) is 11. The van der Waals surface area contributed by atoms with E-state index in [-0.39, 0.29) is 25.8 Å². The highest BCUT2D eigenvalue weighted by Crippen LogP contribution is 2.49. The predicted octanol–water partition coefficient (Wildman–Crippen LogP) is 5.06. The lowest BCUT2D eigenvalue weighted by molar-refractivity contribution is -0.244. The van der Waals surface area contributed by atoms with Gasteiger partial charge in [0.05, 0.1) is 29.1 Å². The van der Waals surface area contributed by atoms with Gasteiger partial charge in [-0.25, -0.2) is 18.2 Å². The molecule has 61 heavy (non-hydrogen) atoms. The van der Waals surface area contributed by atoms with Gasteiger partial charge in [-0.2, -0.15) is 13.2 Å². The summed E-state index contributed by atoms with van der Waals surface area (Å²) in [5.41, 5.74) is -3.54. The summed E-state index contributed by atoms with van der Waals surface area (Å²) in [6, 6.07) is 2.84. The molecule has 2 aliphatic carbocycles. The zero-order chi connectivity index (χ0) is 44.2. The molecular weight excluding hydrogens is 824 g/mol. The molecule has 0 radical (unpaired) electrons. The first-order valence-corrected chi connectivity index (χ1v) is 22.3. The maximum Gasteiger partial charge on any atom is 0.427 e. The van der Waals surface area contributed by atoms with Crippen LogP contribution in [0.4, 0.5) is 18.0 Å². The molecule has 0 bridgehead atoms. The number of alkyl halides is 3. The van der Waals surface area contributed by atoms with Crippen molar-refractivity contribution < 1.29 is 59.7 Å². The van der Waals surface area contributed by atoms with Gasteiger partial charge in [-0.15, -0.1) is 0 Å². The Morgan fingerprint density at radius 2 is 1.84 bits per heavy atom. The molecule has 19 heteroatoms. The lowest BCUT2D eigenvalue weighted by Gasteiger charge is -2.37. The smallest absolute Gasteiger partial charge is 0.427 e. The van der Waals surface area contributed by atoms with Gasteiger partial charge in [-0.3, -0.25) is 19.1 Å². The largest absolute Gasteiger partial charge is 0.491 e. The van der Waals surface area contributed by atoms with Gasteiger partial charge in [0, 0.05) is 30.4 Å². The van der Waals surface area contributed by atoms with Crippen LogP contribution in [-0.2, 0) is 40.3 Å². The van der Waals surface area contributed by atoms with E-state index in [2.05, 4.69) is 15.4 Å². The van der Waals surface area contributed by atoms with E-state index in [1.165, 1.54) is 4.90 Å². The molecule has 15 nitrogen and oxygen atoms in total. The minimum absolute atomic E-state index is 0.0288. The molecule has 4 amide bonds. The Bertz CT molecular complexity index is 2230. The number of allylic oxidation sites excluding steroid dienone is 1. The Morgan fingerprint density at radius 1 is 1.08 bits per heavy atom. The van der Waals surface area contributed by atoms with Gasteiger partial charge in [0.1, 0.15) is 41.3 Å². The first-order chi connectivity index (χ1) is 28.6. The van der Waals surface area contributed by atoms with E-state index in [1.807, 2.05) is 24.3 Å². The first kappa shape index (κ1) is 44.4. The van der Waals surface area contributed by atoms with Crippen LogP contribution in [0.3, 0.4) is 0 Å². The SMILES string of the molecule is COCCOc1ccc2nc(C)c3c(c2c1)CC[C@]1(C[C@H]2C(=O)N[C@]4(C(=O)NS(=O)(=O)C5(C)CC5)C[C@H]4/C=C\CCCCC[C@H](NC(=O)OC(C)(C)C(F)(F)F)C(=O)N2C1)O3. The minimum Gasteiger partial charge on any atom is -0.491 e. The van der Waals surface area contributed by atoms with Crippen LogP contribution in [0.2, 0.25) is 0 Å². The number of rotatable bonds is 9. The number of benzene rings is 1. The van der Waals surface area contributed by atoms with Crippen molar-refractivity contribution in [3.63, 3.8) is 0 Å². The average molecular weight is 878 g/mol. The summed E-state index contributed by atoms with van der Waals surface area (Å²) in [6.45, 7) is 5.30. The molecule has 3 N–H and O–H groups in total. The number of amides is 4. The summed E-state index contributed by atoms with van der Waals surface area (Å²) < 4.78 is 91.4. The molecule has 5 atom stereocenters. The van der Waals surface area contributed by atoms with E-state index in [0.717, 1.165) is 10.9 Å². The fourth-order valence-electron chi connectivity index (χ4n) is 8.46. The second-order valence-electron chi connectivity index (χ2n) is 17.8. The van der Waals surface area contributed by atoms with Gasteiger partial charge in [0.2, 0.25) is 27.4 Å². The Kier molecular flexibility index (Phi) is 11.8. The van der Waals surface area contributed by atoms with Crippen LogP contribution in [-0.4, -0.2) is 109 Å². The molecule has 2 saturated carbocycles. The highest BCUT2D eigenvalue weighted by Gasteiger charge is 2.64. The van der Waals surface area contributed by atoms with Gasteiger partial charge in [-0.05, 0) is 97.3 Å². The van der Waals surface area contributed by atoms with Crippen molar-refractivity contribution in [2.75, 3.05) is 26.9 Å². The molecule has 2 aromatic rings. The van der Waals surface area contributed by atoms with E-state index in [4.69, 9.17) is 23.9 Å². The van der Waals surface area contributed by atoms with Crippen molar-refractivity contribution in [2.24, 2.45) is 5.92 Å². The molecule has 3 fully saturated rings. The van der Waals surface area contributed by atoms with Gasteiger partial charge in [-0.1, -0.05) is 25.0 Å². The minimum atomic E-state index is -4.90. The lowest BCUT2D eigenvalue weighted by atomic mass is 9.87. The Hall–Kier alpha value is -4.65. The molecule has 1 saturated heterocycles. The molecule has 1 aromatic heterocycles. The van der Waals surface area contributed by atoms with Crippen LogP contribution in [0.5, 0.6) is 11.5 Å². The quantitative estimate of drug-likeness (QED) is 0.225. The van der Waals surface area contributed by atoms with Crippen molar-refractivity contribution in [1.29, 1.82) is 0 Å². The van der Waals surface area contributed by atoms with Crippen molar-refractivity contribution in [2.45, 2.75) is 138 Å². The molecular formula is C42H54F3N5O10S. The van der Waals surface area contributed by atoms with Crippen molar-refractivity contribution in [3.8, 4) is 11.5 Å². The second-order valence-corrected chi connectivity index (χ2v) is 20.0. The third kappa shape index (κ3) is 8.86. The number of aromatic nitrogens is 1. The number of fused-ring (bicyclic) bond motifs is 5. The normalized spacial score (nSPS) is 28.2. The van der Waals surface area contributed by atoms with Crippen LogP contribution in [0.1, 0.15) is 96.2 Å². The van der Waals surface area contributed by atoms with Gasteiger partial charge in [0.15, 0.2) is 0 Å². The number of alkyl carbamates (subject to hydrolysis) is 1. The number of sulfonamides is 1. The summed E-state index contributed by atoms with van der Waals surface area (Å²) in [5, 5.41) is 6.01. The molecule has 0 unspecified atom stereocenters. The summed E-state index contributed by atoms with van der Waals surface area (Å²) in [4.78, 5) is 62.6. The maximum atomic E-state index is 14.8. The fraction of sp³-hybridized carbons (Fsp3) is 0.643. The number of aryl methyl sites for hydroxylation is 2. The third-order valence-corrected chi connectivity index (χ3v) is 15.0. The molecule has 334 valence electrons. The molecule has 7 rings (SSSR count). The average Bonchev–Trinajstić information content (AvgIpc) is 4.08. The number of carbonyl (C=O) groups is 4.